The minimum atomic E-state index is -1.55. The van der Waals surface area contributed by atoms with Crippen LogP contribution in [0.15, 0.2) is 12.1 Å². The quantitative estimate of drug-likeness (QED) is 0.814. The zero-order valence-electron chi connectivity index (χ0n) is 8.52. The third kappa shape index (κ3) is 2.88. The highest BCUT2D eigenvalue weighted by Crippen LogP contribution is 2.14. The highest BCUT2D eigenvalue weighted by Gasteiger charge is 2.13. The molecule has 0 saturated carbocycles. The number of halogens is 3. The van der Waals surface area contributed by atoms with Crippen molar-refractivity contribution >= 4 is 6.09 Å². The SMILES string of the molecule is CCOC(=O)NCc1ccc(F)c(F)c1F. The van der Waals surface area contributed by atoms with Crippen LogP contribution in [0, 0.1) is 17.5 Å². The summed E-state index contributed by atoms with van der Waals surface area (Å²) in [5.41, 5.74) is -0.146. The third-order valence-electron chi connectivity index (χ3n) is 1.81. The zero-order chi connectivity index (χ0) is 12.1. The molecule has 0 fully saturated rings. The van der Waals surface area contributed by atoms with E-state index in [1.807, 2.05) is 0 Å². The van der Waals surface area contributed by atoms with Crippen LogP contribution in [0.25, 0.3) is 0 Å². The van der Waals surface area contributed by atoms with Crippen molar-refractivity contribution in [3.05, 3.63) is 35.1 Å². The van der Waals surface area contributed by atoms with Gasteiger partial charge in [0, 0.05) is 12.1 Å². The average Bonchev–Trinajstić information content (AvgIpc) is 2.25. The summed E-state index contributed by atoms with van der Waals surface area (Å²) in [4.78, 5) is 10.9. The smallest absolute Gasteiger partial charge is 0.407 e. The molecule has 88 valence electrons. The van der Waals surface area contributed by atoms with Gasteiger partial charge in [0.1, 0.15) is 0 Å². The maximum atomic E-state index is 13.1. The Morgan fingerprint density at radius 3 is 2.62 bits per heavy atom. The first-order valence-electron chi connectivity index (χ1n) is 4.59. The second-order valence-electron chi connectivity index (χ2n) is 2.91. The molecule has 0 bridgehead atoms. The van der Waals surface area contributed by atoms with Gasteiger partial charge in [-0.25, -0.2) is 18.0 Å². The van der Waals surface area contributed by atoms with E-state index in [2.05, 4.69) is 10.1 Å². The van der Waals surface area contributed by atoms with E-state index in [9.17, 15) is 18.0 Å². The molecule has 0 radical (unpaired) electrons. The first kappa shape index (κ1) is 12.4. The lowest BCUT2D eigenvalue weighted by atomic mass is 10.2. The molecule has 0 aliphatic rings. The Balaban J connectivity index is 2.68. The lowest BCUT2D eigenvalue weighted by Crippen LogP contribution is -2.24. The van der Waals surface area contributed by atoms with E-state index in [0.717, 1.165) is 12.1 Å². The Morgan fingerprint density at radius 1 is 1.31 bits per heavy atom. The Bertz CT molecular complexity index is 396. The van der Waals surface area contributed by atoms with Gasteiger partial charge in [-0.2, -0.15) is 0 Å². The fourth-order valence-electron chi connectivity index (χ4n) is 1.05. The lowest BCUT2D eigenvalue weighted by molar-refractivity contribution is 0.151. The Kier molecular flexibility index (Phi) is 4.16. The monoisotopic (exact) mass is 233 g/mol. The van der Waals surface area contributed by atoms with Crippen molar-refractivity contribution in [2.75, 3.05) is 6.61 Å². The van der Waals surface area contributed by atoms with Crippen LogP contribution in [0.3, 0.4) is 0 Å². The van der Waals surface area contributed by atoms with Crippen LogP contribution >= 0.6 is 0 Å². The molecule has 0 heterocycles. The molecule has 1 aromatic rings. The number of hydrogen-bond donors (Lipinski definition) is 1. The molecule has 1 rings (SSSR count). The van der Waals surface area contributed by atoms with E-state index in [4.69, 9.17) is 0 Å². The van der Waals surface area contributed by atoms with E-state index in [1.54, 1.807) is 6.92 Å². The van der Waals surface area contributed by atoms with Crippen molar-refractivity contribution in [2.24, 2.45) is 0 Å². The number of carbonyl (C=O) groups excluding carboxylic acids is 1. The van der Waals surface area contributed by atoms with E-state index >= 15 is 0 Å². The standard InChI is InChI=1S/C10H10F3NO2/c1-2-16-10(15)14-5-6-3-4-7(11)9(13)8(6)12/h3-4H,2,5H2,1H3,(H,14,15). The molecular formula is C10H10F3NO2. The summed E-state index contributed by atoms with van der Waals surface area (Å²) >= 11 is 0. The summed E-state index contributed by atoms with van der Waals surface area (Å²) in [7, 11) is 0. The highest BCUT2D eigenvalue weighted by atomic mass is 19.2. The molecule has 1 aromatic carbocycles. The van der Waals surface area contributed by atoms with Crippen molar-refractivity contribution in [2.45, 2.75) is 13.5 Å². The highest BCUT2D eigenvalue weighted by molar-refractivity contribution is 5.67. The summed E-state index contributed by atoms with van der Waals surface area (Å²) < 4.78 is 42.9. The number of rotatable bonds is 3. The molecule has 0 atom stereocenters. The van der Waals surface area contributed by atoms with E-state index < -0.39 is 23.5 Å². The first-order valence-corrected chi connectivity index (χ1v) is 4.59. The van der Waals surface area contributed by atoms with Gasteiger partial charge in [-0.05, 0) is 13.0 Å². The summed E-state index contributed by atoms with van der Waals surface area (Å²) in [6.45, 7) is 1.52. The van der Waals surface area contributed by atoms with Crippen LogP contribution in [0.1, 0.15) is 12.5 Å². The van der Waals surface area contributed by atoms with Gasteiger partial charge in [0.15, 0.2) is 17.5 Å². The molecule has 0 aliphatic carbocycles. The van der Waals surface area contributed by atoms with Gasteiger partial charge in [0.2, 0.25) is 0 Å². The number of hydrogen-bond acceptors (Lipinski definition) is 2. The van der Waals surface area contributed by atoms with Gasteiger partial charge in [-0.15, -0.1) is 0 Å². The first-order chi connectivity index (χ1) is 7.56. The predicted octanol–water partition coefficient (Wildman–Crippen LogP) is 2.35. The second-order valence-corrected chi connectivity index (χ2v) is 2.91. The van der Waals surface area contributed by atoms with Gasteiger partial charge in [0.25, 0.3) is 0 Å². The van der Waals surface area contributed by atoms with Crippen LogP contribution in [0.2, 0.25) is 0 Å². The summed E-state index contributed by atoms with van der Waals surface area (Å²) in [6, 6.07) is 1.85. The van der Waals surface area contributed by atoms with E-state index in [-0.39, 0.29) is 18.7 Å². The van der Waals surface area contributed by atoms with E-state index in [1.165, 1.54) is 0 Å². The van der Waals surface area contributed by atoms with Crippen LogP contribution in [0.4, 0.5) is 18.0 Å². The molecule has 6 heteroatoms. The van der Waals surface area contributed by atoms with Crippen molar-refractivity contribution in [3.63, 3.8) is 0 Å². The molecule has 0 aromatic heterocycles. The van der Waals surface area contributed by atoms with Crippen LogP contribution in [0.5, 0.6) is 0 Å². The molecule has 0 saturated heterocycles. The molecule has 0 aliphatic heterocycles. The van der Waals surface area contributed by atoms with Crippen molar-refractivity contribution in [3.8, 4) is 0 Å². The molecule has 0 unspecified atom stereocenters. The zero-order valence-corrected chi connectivity index (χ0v) is 8.52. The predicted molar refractivity (Wildman–Crippen MR) is 50.2 cm³/mol. The fraction of sp³-hybridized carbons (Fsp3) is 0.300. The molecule has 1 N–H and O–H groups in total. The summed E-state index contributed by atoms with van der Waals surface area (Å²) in [5.74, 6) is -4.13. The largest absolute Gasteiger partial charge is 0.450 e. The number of alkyl carbamates (subject to hydrolysis) is 1. The molecular weight excluding hydrogens is 223 g/mol. The number of ether oxygens (including phenoxy) is 1. The van der Waals surface area contributed by atoms with Crippen LogP contribution in [-0.2, 0) is 11.3 Å². The maximum Gasteiger partial charge on any atom is 0.407 e. The van der Waals surface area contributed by atoms with Gasteiger partial charge >= 0.3 is 6.09 Å². The third-order valence-corrected chi connectivity index (χ3v) is 1.81. The summed E-state index contributed by atoms with van der Waals surface area (Å²) in [6.07, 6.45) is -0.744. The van der Waals surface area contributed by atoms with Crippen LogP contribution < -0.4 is 5.32 Å². The van der Waals surface area contributed by atoms with Crippen molar-refractivity contribution < 1.29 is 22.7 Å². The van der Waals surface area contributed by atoms with Gasteiger partial charge in [-0.3, -0.25) is 0 Å². The van der Waals surface area contributed by atoms with Gasteiger partial charge in [0.05, 0.1) is 6.61 Å². The number of carbonyl (C=O) groups is 1. The average molecular weight is 233 g/mol. The van der Waals surface area contributed by atoms with E-state index in [0.29, 0.717) is 0 Å². The maximum absolute atomic E-state index is 13.1. The second kappa shape index (κ2) is 5.39. The minimum Gasteiger partial charge on any atom is -0.450 e. The summed E-state index contributed by atoms with van der Waals surface area (Å²) in [5, 5.41) is 2.20. The number of benzene rings is 1. The van der Waals surface area contributed by atoms with Crippen LogP contribution in [-0.4, -0.2) is 12.7 Å². The molecule has 0 spiro atoms. The Morgan fingerprint density at radius 2 is 2.00 bits per heavy atom. The minimum absolute atomic E-state index is 0.146. The topological polar surface area (TPSA) is 38.3 Å². The molecule has 1 amide bonds. The van der Waals surface area contributed by atoms with Crippen molar-refractivity contribution in [1.82, 2.24) is 5.32 Å². The molecule has 3 nitrogen and oxygen atoms in total. The normalized spacial score (nSPS) is 10.0. The molecule has 16 heavy (non-hydrogen) atoms. The van der Waals surface area contributed by atoms with Gasteiger partial charge in [-0.1, -0.05) is 6.07 Å². The Labute approximate surface area is 90.2 Å². The number of nitrogens with one attached hydrogen (secondary N) is 1. The Hall–Kier alpha value is -1.72. The van der Waals surface area contributed by atoms with Gasteiger partial charge < -0.3 is 10.1 Å². The fourth-order valence-corrected chi connectivity index (χ4v) is 1.05. The lowest BCUT2D eigenvalue weighted by Gasteiger charge is -2.06. The van der Waals surface area contributed by atoms with Crippen molar-refractivity contribution in [1.29, 1.82) is 0 Å². The number of amides is 1.